The highest BCUT2D eigenvalue weighted by Gasteiger charge is 2.44. The van der Waals surface area contributed by atoms with Gasteiger partial charge in [-0.25, -0.2) is 13.2 Å². The number of hydrogen-bond donors (Lipinski definition) is 1. The van der Waals surface area contributed by atoms with Crippen LogP contribution in [-0.4, -0.2) is 25.0 Å². The molecule has 8 heteroatoms. The molecule has 27 heavy (non-hydrogen) atoms. The monoisotopic (exact) mass is 451 g/mol. The standard InChI is InChI=1S/C19H18BrNO5S/c1-19(2,27(24,25)15-7-4-13(20)5-8-15)18(23)26-14-6-9-16-12(11-14)3-10-17(22)21-16/h4-9,11H,3,10H2,1-2H3,(H,21,22). The fourth-order valence-electron chi connectivity index (χ4n) is 2.67. The second kappa shape index (κ2) is 7.09. The molecule has 0 bridgehead atoms. The first kappa shape index (κ1) is 19.6. The van der Waals surface area contributed by atoms with E-state index >= 15 is 0 Å². The molecule has 1 aliphatic rings. The maximum Gasteiger partial charge on any atom is 0.332 e. The zero-order valence-corrected chi connectivity index (χ0v) is 17.2. The van der Waals surface area contributed by atoms with E-state index in [2.05, 4.69) is 21.2 Å². The number of rotatable bonds is 4. The number of esters is 1. The highest BCUT2D eigenvalue weighted by Crippen LogP contribution is 2.31. The van der Waals surface area contributed by atoms with Gasteiger partial charge in [-0.05, 0) is 68.3 Å². The quantitative estimate of drug-likeness (QED) is 0.567. The summed E-state index contributed by atoms with van der Waals surface area (Å²) in [6, 6.07) is 10.9. The molecular weight excluding hydrogens is 434 g/mol. The molecule has 0 atom stereocenters. The number of sulfone groups is 1. The van der Waals surface area contributed by atoms with Crippen molar-refractivity contribution < 1.29 is 22.7 Å². The van der Waals surface area contributed by atoms with Gasteiger partial charge in [0.25, 0.3) is 0 Å². The van der Waals surface area contributed by atoms with E-state index in [0.717, 1.165) is 10.0 Å². The number of nitrogens with one attached hydrogen (secondary N) is 1. The van der Waals surface area contributed by atoms with Gasteiger partial charge in [-0.3, -0.25) is 4.79 Å². The molecule has 2 aromatic carbocycles. The minimum Gasteiger partial charge on any atom is -0.425 e. The van der Waals surface area contributed by atoms with Crippen LogP contribution >= 0.6 is 15.9 Å². The molecule has 142 valence electrons. The number of amides is 1. The first-order chi connectivity index (χ1) is 12.6. The van der Waals surface area contributed by atoms with Crippen molar-refractivity contribution in [1.82, 2.24) is 0 Å². The van der Waals surface area contributed by atoms with Gasteiger partial charge in [0.2, 0.25) is 5.91 Å². The largest absolute Gasteiger partial charge is 0.425 e. The Kier molecular flexibility index (Phi) is 5.14. The van der Waals surface area contributed by atoms with Crippen molar-refractivity contribution in [2.24, 2.45) is 0 Å². The second-order valence-electron chi connectivity index (χ2n) is 6.72. The van der Waals surface area contributed by atoms with Crippen LogP contribution in [0.2, 0.25) is 0 Å². The maximum absolute atomic E-state index is 12.9. The topological polar surface area (TPSA) is 89.5 Å². The maximum atomic E-state index is 12.9. The Bertz CT molecular complexity index is 1010. The van der Waals surface area contributed by atoms with Crippen LogP contribution in [-0.2, 0) is 25.8 Å². The Hall–Kier alpha value is -2.19. The molecule has 2 aromatic rings. The SMILES string of the molecule is CC(C)(C(=O)Oc1ccc2c(c1)CCC(=O)N2)S(=O)(=O)c1ccc(Br)cc1. The number of aryl methyl sites for hydroxylation is 1. The van der Waals surface area contributed by atoms with Crippen LogP contribution in [0.4, 0.5) is 5.69 Å². The molecule has 0 saturated heterocycles. The number of halogens is 1. The lowest BCUT2D eigenvalue weighted by Gasteiger charge is -2.23. The number of carbonyl (C=O) groups is 2. The van der Waals surface area contributed by atoms with Gasteiger partial charge in [0, 0.05) is 16.6 Å². The average Bonchev–Trinajstić information content (AvgIpc) is 2.62. The average molecular weight is 452 g/mol. The van der Waals surface area contributed by atoms with E-state index in [1.807, 2.05) is 0 Å². The Morgan fingerprint density at radius 2 is 1.78 bits per heavy atom. The molecule has 6 nitrogen and oxygen atoms in total. The van der Waals surface area contributed by atoms with Crippen LogP contribution in [0.15, 0.2) is 51.8 Å². The minimum absolute atomic E-state index is 0.0424. The Labute approximate surface area is 166 Å². The van der Waals surface area contributed by atoms with Crippen LogP contribution in [0.3, 0.4) is 0 Å². The number of hydrogen-bond acceptors (Lipinski definition) is 5. The van der Waals surface area contributed by atoms with E-state index in [1.54, 1.807) is 24.3 Å². The Balaban J connectivity index is 1.84. The van der Waals surface area contributed by atoms with E-state index in [1.165, 1.54) is 32.0 Å². The molecule has 0 aliphatic carbocycles. The van der Waals surface area contributed by atoms with Crippen molar-refractivity contribution in [1.29, 1.82) is 0 Å². The van der Waals surface area contributed by atoms with Crippen LogP contribution in [0.25, 0.3) is 0 Å². The summed E-state index contributed by atoms with van der Waals surface area (Å²) in [4.78, 5) is 24.1. The van der Waals surface area contributed by atoms with Crippen molar-refractivity contribution >= 4 is 43.3 Å². The van der Waals surface area contributed by atoms with Crippen molar-refractivity contribution in [3.63, 3.8) is 0 Å². The third-order valence-electron chi connectivity index (χ3n) is 4.47. The van der Waals surface area contributed by atoms with Gasteiger partial charge in [-0.2, -0.15) is 0 Å². The third-order valence-corrected chi connectivity index (χ3v) is 7.40. The van der Waals surface area contributed by atoms with Gasteiger partial charge < -0.3 is 10.1 Å². The van der Waals surface area contributed by atoms with Crippen LogP contribution in [0.5, 0.6) is 5.75 Å². The molecule has 0 saturated carbocycles. The molecule has 0 spiro atoms. The molecule has 0 aromatic heterocycles. The summed E-state index contributed by atoms with van der Waals surface area (Å²) in [5.41, 5.74) is 1.52. The molecule has 0 unspecified atom stereocenters. The fraction of sp³-hybridized carbons (Fsp3) is 0.263. The minimum atomic E-state index is -3.95. The summed E-state index contributed by atoms with van der Waals surface area (Å²) in [5, 5.41) is 2.74. The number of benzene rings is 2. The van der Waals surface area contributed by atoms with Crippen molar-refractivity contribution in [2.75, 3.05) is 5.32 Å². The summed E-state index contributed by atoms with van der Waals surface area (Å²) in [7, 11) is -3.95. The number of carbonyl (C=O) groups excluding carboxylic acids is 2. The molecule has 3 rings (SSSR count). The van der Waals surface area contributed by atoms with Crippen LogP contribution < -0.4 is 10.1 Å². The number of anilines is 1. The number of ether oxygens (including phenoxy) is 1. The zero-order chi connectivity index (χ0) is 19.8. The molecule has 1 amide bonds. The zero-order valence-electron chi connectivity index (χ0n) is 14.8. The van der Waals surface area contributed by atoms with Gasteiger partial charge >= 0.3 is 5.97 Å². The van der Waals surface area contributed by atoms with Gasteiger partial charge in [-0.1, -0.05) is 15.9 Å². The molecule has 1 N–H and O–H groups in total. The third kappa shape index (κ3) is 3.77. The number of fused-ring (bicyclic) bond motifs is 1. The van der Waals surface area contributed by atoms with E-state index in [4.69, 9.17) is 4.74 Å². The van der Waals surface area contributed by atoms with E-state index < -0.39 is 20.6 Å². The first-order valence-electron chi connectivity index (χ1n) is 8.26. The summed E-state index contributed by atoms with van der Waals surface area (Å²) in [5.74, 6) is -0.687. The van der Waals surface area contributed by atoms with Crippen molar-refractivity contribution in [3.8, 4) is 5.75 Å². The van der Waals surface area contributed by atoms with E-state index in [9.17, 15) is 18.0 Å². The van der Waals surface area contributed by atoms with E-state index in [-0.39, 0.29) is 16.6 Å². The highest BCUT2D eigenvalue weighted by molar-refractivity contribution is 9.10. The lowest BCUT2D eigenvalue weighted by atomic mass is 10.0. The molecule has 0 fully saturated rings. The summed E-state index contributed by atoms with van der Waals surface area (Å²) in [6.45, 7) is 2.65. The van der Waals surface area contributed by atoms with Crippen molar-refractivity contribution in [3.05, 3.63) is 52.5 Å². The van der Waals surface area contributed by atoms with Gasteiger partial charge in [0.1, 0.15) is 5.75 Å². The Morgan fingerprint density at radius 3 is 2.44 bits per heavy atom. The summed E-state index contributed by atoms with van der Waals surface area (Å²) in [6.07, 6.45) is 0.890. The Morgan fingerprint density at radius 1 is 1.11 bits per heavy atom. The van der Waals surface area contributed by atoms with Crippen LogP contribution in [0.1, 0.15) is 25.8 Å². The van der Waals surface area contributed by atoms with Gasteiger partial charge in [-0.15, -0.1) is 0 Å². The second-order valence-corrected chi connectivity index (χ2v) is 10.1. The normalized spacial score (nSPS) is 14.3. The molecule has 0 radical (unpaired) electrons. The lowest BCUT2D eigenvalue weighted by molar-refractivity contribution is -0.136. The highest BCUT2D eigenvalue weighted by atomic mass is 79.9. The molecule has 1 heterocycles. The summed E-state index contributed by atoms with van der Waals surface area (Å²) < 4.78 is 30.1. The predicted molar refractivity (Wildman–Crippen MR) is 104 cm³/mol. The van der Waals surface area contributed by atoms with Gasteiger partial charge in [0.05, 0.1) is 4.90 Å². The summed E-state index contributed by atoms with van der Waals surface area (Å²) >= 11 is 3.26. The first-order valence-corrected chi connectivity index (χ1v) is 10.5. The lowest BCUT2D eigenvalue weighted by Crippen LogP contribution is -2.43. The van der Waals surface area contributed by atoms with Gasteiger partial charge in [0.15, 0.2) is 14.6 Å². The smallest absolute Gasteiger partial charge is 0.332 e. The predicted octanol–water partition coefficient (Wildman–Crippen LogP) is 3.49. The molecular formula is C19H18BrNO5S. The van der Waals surface area contributed by atoms with E-state index in [0.29, 0.717) is 18.5 Å². The van der Waals surface area contributed by atoms with Crippen molar-refractivity contribution in [2.45, 2.75) is 36.3 Å². The fourth-order valence-corrected chi connectivity index (χ4v) is 4.28. The molecule has 1 aliphatic heterocycles. The van der Waals surface area contributed by atoms with Crippen LogP contribution in [0, 0.1) is 0 Å².